The molecule has 1 atom stereocenters. The van der Waals surface area contributed by atoms with Crippen LogP contribution in [0.15, 0.2) is 0 Å². The van der Waals surface area contributed by atoms with Crippen molar-refractivity contribution in [3.05, 3.63) is 0 Å². The van der Waals surface area contributed by atoms with Crippen molar-refractivity contribution < 1.29 is 17.2 Å². The van der Waals surface area contributed by atoms with Crippen molar-refractivity contribution in [2.24, 2.45) is 5.92 Å². The van der Waals surface area contributed by atoms with Gasteiger partial charge in [-0.15, -0.1) is 0 Å². The molecule has 0 heterocycles. The maximum Gasteiger partial charge on any atom is 0.397 e. The molecule has 0 saturated carbocycles. The van der Waals surface area contributed by atoms with Gasteiger partial charge in [-0.1, -0.05) is 65.2 Å². The van der Waals surface area contributed by atoms with Crippen LogP contribution in [0.2, 0.25) is 0 Å². The lowest BCUT2D eigenvalue weighted by Gasteiger charge is -2.10. The topological polar surface area (TPSA) is 63.6 Å². The van der Waals surface area contributed by atoms with Crippen molar-refractivity contribution in [2.45, 2.75) is 71.6 Å². The van der Waals surface area contributed by atoms with Crippen LogP contribution in [0.3, 0.4) is 0 Å². The van der Waals surface area contributed by atoms with Gasteiger partial charge in [0.2, 0.25) is 0 Å². The highest BCUT2D eigenvalue weighted by Gasteiger charge is 2.05. The zero-order valence-electron chi connectivity index (χ0n) is 11.7. The third-order valence-corrected chi connectivity index (χ3v) is 3.59. The predicted octanol–water partition coefficient (Wildman–Crippen LogP) is 3.97. The second kappa shape index (κ2) is 10.8. The average Bonchev–Trinajstić information content (AvgIpc) is 2.27. The van der Waals surface area contributed by atoms with Crippen LogP contribution in [-0.2, 0) is 14.6 Å². The largest absolute Gasteiger partial charge is 0.397 e. The Bertz CT molecular complexity index is 275. The van der Waals surface area contributed by atoms with Gasteiger partial charge in [0.1, 0.15) is 0 Å². The molecule has 110 valence electrons. The molecule has 0 aliphatic heterocycles. The quantitative estimate of drug-likeness (QED) is 0.434. The Kier molecular flexibility index (Phi) is 10.7. The third kappa shape index (κ3) is 13.9. The van der Waals surface area contributed by atoms with Crippen molar-refractivity contribution in [2.75, 3.05) is 6.61 Å². The van der Waals surface area contributed by atoms with E-state index in [1.54, 1.807) is 0 Å². The van der Waals surface area contributed by atoms with Gasteiger partial charge in [-0.05, 0) is 12.3 Å². The van der Waals surface area contributed by atoms with Crippen molar-refractivity contribution in [1.82, 2.24) is 0 Å². The fourth-order valence-electron chi connectivity index (χ4n) is 2.00. The first-order chi connectivity index (χ1) is 8.45. The molecule has 0 amide bonds. The van der Waals surface area contributed by atoms with Gasteiger partial charge >= 0.3 is 10.4 Å². The smallest absolute Gasteiger partial charge is 0.264 e. The summed E-state index contributed by atoms with van der Waals surface area (Å²) in [4.78, 5) is 0. The Balaban J connectivity index is 3.29. The molecule has 0 fully saturated rings. The molecule has 0 aromatic heterocycles. The molecule has 0 radical (unpaired) electrons. The summed E-state index contributed by atoms with van der Waals surface area (Å²) < 4.78 is 33.2. The number of unbranched alkanes of at least 4 members (excludes halogenated alkanes) is 5. The summed E-state index contributed by atoms with van der Waals surface area (Å²) in [6, 6.07) is 0. The lowest BCUT2D eigenvalue weighted by Crippen LogP contribution is -2.05. The molecule has 0 saturated heterocycles. The van der Waals surface area contributed by atoms with Crippen LogP contribution in [0.1, 0.15) is 71.6 Å². The number of rotatable bonds is 12. The van der Waals surface area contributed by atoms with Crippen LogP contribution < -0.4 is 0 Å². The van der Waals surface area contributed by atoms with E-state index in [1.165, 1.54) is 38.5 Å². The first kappa shape index (κ1) is 17.9. The van der Waals surface area contributed by atoms with Gasteiger partial charge < -0.3 is 0 Å². The van der Waals surface area contributed by atoms with Crippen LogP contribution in [0, 0.1) is 5.92 Å². The van der Waals surface area contributed by atoms with E-state index in [2.05, 4.69) is 18.0 Å². The van der Waals surface area contributed by atoms with Gasteiger partial charge in [0.15, 0.2) is 0 Å². The molecule has 4 nitrogen and oxygen atoms in total. The minimum Gasteiger partial charge on any atom is -0.264 e. The van der Waals surface area contributed by atoms with Crippen LogP contribution in [0.25, 0.3) is 0 Å². The Morgan fingerprint density at radius 3 is 2.11 bits per heavy atom. The van der Waals surface area contributed by atoms with E-state index in [0.717, 1.165) is 12.8 Å². The highest BCUT2D eigenvalue weighted by atomic mass is 32.3. The minimum atomic E-state index is -4.25. The Labute approximate surface area is 112 Å². The Morgan fingerprint density at radius 2 is 1.56 bits per heavy atom. The summed E-state index contributed by atoms with van der Waals surface area (Å²) in [5.74, 6) is 0.692. The van der Waals surface area contributed by atoms with Gasteiger partial charge in [0.05, 0.1) is 6.61 Å². The lowest BCUT2D eigenvalue weighted by molar-refractivity contribution is 0.258. The zero-order valence-corrected chi connectivity index (χ0v) is 12.5. The van der Waals surface area contributed by atoms with Crippen LogP contribution in [0.5, 0.6) is 0 Å². The highest BCUT2D eigenvalue weighted by molar-refractivity contribution is 7.80. The number of hydrogen-bond donors (Lipinski definition) is 1. The van der Waals surface area contributed by atoms with Gasteiger partial charge in [0, 0.05) is 0 Å². The molecule has 0 aromatic rings. The Hall–Kier alpha value is -0.130. The molecule has 1 N–H and O–H groups in total. The van der Waals surface area contributed by atoms with E-state index in [0.29, 0.717) is 12.3 Å². The molecule has 0 bridgehead atoms. The standard InChI is InChI=1S/C13H28O4S/c1-3-4-5-6-7-10-13(2)11-8-9-12-17-18(14,15)16/h13H,3-12H2,1-2H3,(H,14,15,16). The predicted molar refractivity (Wildman–Crippen MR) is 73.9 cm³/mol. The van der Waals surface area contributed by atoms with Crippen LogP contribution in [-0.4, -0.2) is 19.6 Å². The van der Waals surface area contributed by atoms with E-state index >= 15 is 0 Å². The average molecular weight is 280 g/mol. The lowest BCUT2D eigenvalue weighted by atomic mass is 9.97. The summed E-state index contributed by atoms with van der Waals surface area (Å²) in [5, 5.41) is 0. The fraction of sp³-hybridized carbons (Fsp3) is 1.00. The molecule has 0 aliphatic rings. The van der Waals surface area contributed by atoms with E-state index in [9.17, 15) is 8.42 Å². The fourth-order valence-corrected chi connectivity index (χ4v) is 2.33. The van der Waals surface area contributed by atoms with Crippen LogP contribution in [0.4, 0.5) is 0 Å². The molecule has 1 unspecified atom stereocenters. The van der Waals surface area contributed by atoms with Crippen molar-refractivity contribution in [3.8, 4) is 0 Å². The molecular formula is C13H28O4S. The molecule has 0 rings (SSSR count). The summed E-state index contributed by atoms with van der Waals surface area (Å²) >= 11 is 0. The van der Waals surface area contributed by atoms with E-state index in [1.807, 2.05) is 0 Å². The molecule has 18 heavy (non-hydrogen) atoms. The SMILES string of the molecule is CCCCCCCC(C)CCCCOS(=O)(=O)O. The number of hydrogen-bond acceptors (Lipinski definition) is 3. The van der Waals surface area contributed by atoms with E-state index in [4.69, 9.17) is 4.55 Å². The second-order valence-electron chi connectivity index (χ2n) is 5.05. The minimum absolute atomic E-state index is 0.0854. The highest BCUT2D eigenvalue weighted by Crippen LogP contribution is 2.16. The summed E-state index contributed by atoms with van der Waals surface area (Å²) in [5.41, 5.74) is 0. The Morgan fingerprint density at radius 1 is 1.00 bits per heavy atom. The van der Waals surface area contributed by atoms with Gasteiger partial charge in [-0.2, -0.15) is 8.42 Å². The molecule has 0 aliphatic carbocycles. The summed E-state index contributed by atoms with van der Waals surface area (Å²) in [6.45, 7) is 4.54. The zero-order chi connectivity index (χ0) is 13.9. The van der Waals surface area contributed by atoms with Crippen molar-refractivity contribution >= 4 is 10.4 Å². The van der Waals surface area contributed by atoms with E-state index in [-0.39, 0.29) is 6.61 Å². The maximum atomic E-state index is 10.3. The molecule has 0 aromatic carbocycles. The van der Waals surface area contributed by atoms with Crippen molar-refractivity contribution in [1.29, 1.82) is 0 Å². The summed E-state index contributed by atoms with van der Waals surface area (Å²) in [7, 11) is -4.25. The molecule has 0 spiro atoms. The normalized spacial score (nSPS) is 13.7. The van der Waals surface area contributed by atoms with Gasteiger partial charge in [-0.25, -0.2) is 4.18 Å². The van der Waals surface area contributed by atoms with Crippen LogP contribution >= 0.6 is 0 Å². The maximum absolute atomic E-state index is 10.3. The van der Waals surface area contributed by atoms with Gasteiger partial charge in [-0.3, -0.25) is 4.55 Å². The second-order valence-corrected chi connectivity index (χ2v) is 6.14. The third-order valence-electron chi connectivity index (χ3n) is 3.12. The first-order valence-corrected chi connectivity index (χ1v) is 8.44. The molecular weight excluding hydrogens is 252 g/mol. The molecule has 5 heteroatoms. The monoisotopic (exact) mass is 280 g/mol. The van der Waals surface area contributed by atoms with Crippen molar-refractivity contribution in [3.63, 3.8) is 0 Å². The summed E-state index contributed by atoms with van der Waals surface area (Å²) in [6.07, 6.45) is 10.6. The van der Waals surface area contributed by atoms with Gasteiger partial charge in [0.25, 0.3) is 0 Å². The van der Waals surface area contributed by atoms with E-state index < -0.39 is 10.4 Å². The first-order valence-electron chi connectivity index (χ1n) is 7.07.